The summed E-state index contributed by atoms with van der Waals surface area (Å²) >= 11 is 0. The molecular formula is C14H21N3O3. The van der Waals surface area contributed by atoms with Gasteiger partial charge in [0.1, 0.15) is 11.9 Å². The minimum atomic E-state index is -0.441. The van der Waals surface area contributed by atoms with E-state index in [0.717, 1.165) is 25.7 Å². The summed E-state index contributed by atoms with van der Waals surface area (Å²) in [4.78, 5) is 14.8. The van der Waals surface area contributed by atoms with E-state index in [-0.39, 0.29) is 17.7 Å². The Kier molecular flexibility index (Phi) is 4.76. The molecular weight excluding hydrogens is 258 g/mol. The Morgan fingerprint density at radius 3 is 2.70 bits per heavy atom. The highest BCUT2D eigenvalue weighted by molar-refractivity contribution is 5.49. The van der Waals surface area contributed by atoms with Gasteiger partial charge in [0.05, 0.1) is 4.92 Å². The van der Waals surface area contributed by atoms with E-state index < -0.39 is 4.92 Å². The van der Waals surface area contributed by atoms with E-state index in [1.54, 1.807) is 6.07 Å². The SMILES string of the molecule is CCNc1ccc([N+](=O)[O-])c(OC2CCC(C)CC2)n1. The van der Waals surface area contributed by atoms with Crippen LogP contribution in [0.3, 0.4) is 0 Å². The first-order valence-electron chi connectivity index (χ1n) is 7.16. The Hall–Kier alpha value is -1.85. The molecule has 0 aromatic carbocycles. The van der Waals surface area contributed by atoms with E-state index in [0.29, 0.717) is 18.3 Å². The van der Waals surface area contributed by atoms with Crippen LogP contribution in [0.2, 0.25) is 0 Å². The van der Waals surface area contributed by atoms with Crippen molar-refractivity contribution in [2.24, 2.45) is 5.92 Å². The van der Waals surface area contributed by atoms with Crippen LogP contribution in [0.5, 0.6) is 5.88 Å². The number of nitro groups is 1. The molecule has 0 bridgehead atoms. The number of anilines is 1. The summed E-state index contributed by atoms with van der Waals surface area (Å²) in [5.74, 6) is 1.45. The van der Waals surface area contributed by atoms with E-state index in [4.69, 9.17) is 4.74 Å². The van der Waals surface area contributed by atoms with Gasteiger partial charge in [-0.2, -0.15) is 4.98 Å². The summed E-state index contributed by atoms with van der Waals surface area (Å²) in [6.07, 6.45) is 4.11. The second kappa shape index (κ2) is 6.54. The van der Waals surface area contributed by atoms with Gasteiger partial charge in [0.25, 0.3) is 5.88 Å². The fourth-order valence-corrected chi connectivity index (χ4v) is 2.44. The predicted octanol–water partition coefficient (Wildman–Crippen LogP) is 3.38. The molecule has 0 saturated heterocycles. The van der Waals surface area contributed by atoms with Gasteiger partial charge in [-0.1, -0.05) is 6.92 Å². The lowest BCUT2D eigenvalue weighted by molar-refractivity contribution is -0.386. The molecule has 0 unspecified atom stereocenters. The molecule has 1 aliphatic rings. The van der Waals surface area contributed by atoms with E-state index >= 15 is 0 Å². The number of nitrogens with one attached hydrogen (secondary N) is 1. The quantitative estimate of drug-likeness (QED) is 0.660. The molecule has 1 heterocycles. The maximum Gasteiger partial charge on any atom is 0.331 e. The third-order valence-corrected chi connectivity index (χ3v) is 3.64. The summed E-state index contributed by atoms with van der Waals surface area (Å²) in [5, 5.41) is 14.1. The monoisotopic (exact) mass is 279 g/mol. The molecule has 1 saturated carbocycles. The van der Waals surface area contributed by atoms with E-state index in [1.165, 1.54) is 6.07 Å². The molecule has 1 aromatic heterocycles. The largest absolute Gasteiger partial charge is 0.469 e. The first-order chi connectivity index (χ1) is 9.60. The normalized spacial score (nSPS) is 22.3. The zero-order valence-corrected chi connectivity index (χ0v) is 12.0. The molecule has 1 aliphatic carbocycles. The van der Waals surface area contributed by atoms with Crippen molar-refractivity contribution < 1.29 is 9.66 Å². The van der Waals surface area contributed by atoms with E-state index in [9.17, 15) is 10.1 Å². The minimum Gasteiger partial charge on any atom is -0.469 e. The van der Waals surface area contributed by atoms with Crippen molar-refractivity contribution in [2.45, 2.75) is 45.6 Å². The molecule has 20 heavy (non-hydrogen) atoms. The van der Waals surface area contributed by atoms with Crippen LogP contribution < -0.4 is 10.1 Å². The zero-order chi connectivity index (χ0) is 14.5. The van der Waals surface area contributed by atoms with Crippen LogP contribution >= 0.6 is 0 Å². The van der Waals surface area contributed by atoms with Gasteiger partial charge < -0.3 is 10.1 Å². The smallest absolute Gasteiger partial charge is 0.331 e. The van der Waals surface area contributed by atoms with Crippen LogP contribution in [0.15, 0.2) is 12.1 Å². The van der Waals surface area contributed by atoms with Crippen molar-refractivity contribution in [1.29, 1.82) is 0 Å². The number of hydrogen-bond acceptors (Lipinski definition) is 5. The first-order valence-corrected chi connectivity index (χ1v) is 7.16. The zero-order valence-electron chi connectivity index (χ0n) is 12.0. The fourth-order valence-electron chi connectivity index (χ4n) is 2.44. The molecule has 1 N–H and O–H groups in total. The molecule has 1 aromatic rings. The summed E-state index contributed by atoms with van der Waals surface area (Å²) < 4.78 is 5.79. The number of nitrogens with zero attached hydrogens (tertiary/aromatic N) is 2. The second-order valence-corrected chi connectivity index (χ2v) is 5.31. The Morgan fingerprint density at radius 1 is 1.40 bits per heavy atom. The molecule has 0 aliphatic heterocycles. The van der Waals surface area contributed by atoms with Gasteiger partial charge >= 0.3 is 5.69 Å². The number of ether oxygens (including phenoxy) is 1. The van der Waals surface area contributed by atoms with Crippen LogP contribution in [0.4, 0.5) is 11.5 Å². The molecule has 0 radical (unpaired) electrons. The highest BCUT2D eigenvalue weighted by Crippen LogP contribution is 2.31. The Balaban J connectivity index is 2.14. The maximum atomic E-state index is 11.0. The Bertz CT molecular complexity index is 471. The summed E-state index contributed by atoms with van der Waals surface area (Å²) in [5.41, 5.74) is -0.0646. The number of pyridine rings is 1. The molecule has 0 spiro atoms. The van der Waals surface area contributed by atoms with Crippen LogP contribution in [0, 0.1) is 16.0 Å². The highest BCUT2D eigenvalue weighted by Gasteiger charge is 2.24. The summed E-state index contributed by atoms with van der Waals surface area (Å²) in [7, 11) is 0. The molecule has 2 rings (SSSR count). The molecule has 0 amide bonds. The third-order valence-electron chi connectivity index (χ3n) is 3.64. The van der Waals surface area contributed by atoms with Crippen molar-refractivity contribution in [3.05, 3.63) is 22.2 Å². The predicted molar refractivity (Wildman–Crippen MR) is 77.1 cm³/mol. The lowest BCUT2D eigenvalue weighted by Gasteiger charge is -2.26. The molecule has 1 fully saturated rings. The van der Waals surface area contributed by atoms with Crippen LogP contribution in [-0.2, 0) is 0 Å². The number of hydrogen-bond donors (Lipinski definition) is 1. The van der Waals surface area contributed by atoms with Gasteiger partial charge in [-0.05, 0) is 44.6 Å². The fraction of sp³-hybridized carbons (Fsp3) is 0.643. The topological polar surface area (TPSA) is 77.3 Å². The van der Waals surface area contributed by atoms with Gasteiger partial charge in [0.2, 0.25) is 0 Å². The average molecular weight is 279 g/mol. The van der Waals surface area contributed by atoms with Crippen LogP contribution in [0.1, 0.15) is 39.5 Å². The molecule has 6 heteroatoms. The summed E-state index contributed by atoms with van der Waals surface area (Å²) in [6.45, 7) is 4.89. The van der Waals surface area contributed by atoms with Crippen molar-refractivity contribution in [3.63, 3.8) is 0 Å². The maximum absolute atomic E-state index is 11.0. The average Bonchev–Trinajstić information content (AvgIpc) is 2.42. The van der Waals surface area contributed by atoms with Gasteiger partial charge in [0, 0.05) is 12.6 Å². The second-order valence-electron chi connectivity index (χ2n) is 5.31. The van der Waals surface area contributed by atoms with Crippen molar-refractivity contribution in [1.82, 2.24) is 4.98 Å². The Labute approximate surface area is 118 Å². The molecule has 110 valence electrons. The van der Waals surface area contributed by atoms with Crippen LogP contribution in [-0.4, -0.2) is 22.6 Å². The first kappa shape index (κ1) is 14.6. The highest BCUT2D eigenvalue weighted by atomic mass is 16.6. The third kappa shape index (κ3) is 3.59. The van der Waals surface area contributed by atoms with E-state index in [1.807, 2.05) is 6.92 Å². The van der Waals surface area contributed by atoms with Crippen LogP contribution in [0.25, 0.3) is 0 Å². The van der Waals surface area contributed by atoms with Gasteiger partial charge in [-0.15, -0.1) is 0 Å². The Morgan fingerprint density at radius 2 is 2.10 bits per heavy atom. The van der Waals surface area contributed by atoms with Gasteiger partial charge in [-0.3, -0.25) is 10.1 Å². The summed E-state index contributed by atoms with van der Waals surface area (Å²) in [6, 6.07) is 3.06. The number of rotatable bonds is 5. The minimum absolute atomic E-state index is 0.0364. The molecule has 6 nitrogen and oxygen atoms in total. The van der Waals surface area contributed by atoms with Gasteiger partial charge in [-0.25, -0.2) is 0 Å². The van der Waals surface area contributed by atoms with Gasteiger partial charge in [0.15, 0.2) is 0 Å². The number of aromatic nitrogens is 1. The lowest BCUT2D eigenvalue weighted by atomic mass is 9.89. The van der Waals surface area contributed by atoms with E-state index in [2.05, 4.69) is 17.2 Å². The van der Waals surface area contributed by atoms with Crippen molar-refractivity contribution in [2.75, 3.05) is 11.9 Å². The molecule has 0 atom stereocenters. The standard InChI is InChI=1S/C14H21N3O3/c1-3-15-13-9-8-12(17(18)19)14(16-13)20-11-6-4-10(2)5-7-11/h8-11H,3-7H2,1-2H3,(H,15,16). The van der Waals surface area contributed by atoms with Crippen molar-refractivity contribution >= 4 is 11.5 Å². The van der Waals surface area contributed by atoms with Crippen molar-refractivity contribution in [3.8, 4) is 5.88 Å². The lowest BCUT2D eigenvalue weighted by Crippen LogP contribution is -2.24.